The monoisotopic (exact) mass is 288 g/mol. The van der Waals surface area contributed by atoms with E-state index in [1.54, 1.807) is 6.33 Å². The molecule has 2 aromatic rings. The van der Waals surface area contributed by atoms with Gasteiger partial charge < -0.3 is 10.1 Å². The molecule has 114 valence electrons. The van der Waals surface area contributed by atoms with Crippen molar-refractivity contribution in [3.63, 3.8) is 0 Å². The van der Waals surface area contributed by atoms with Gasteiger partial charge in [0.2, 0.25) is 0 Å². The second kappa shape index (κ2) is 6.72. The van der Waals surface area contributed by atoms with Gasteiger partial charge in [-0.15, -0.1) is 0 Å². The van der Waals surface area contributed by atoms with Gasteiger partial charge >= 0.3 is 0 Å². The number of nitrogens with zero attached hydrogens (tertiary/aromatic N) is 3. The maximum absolute atomic E-state index is 5.99. The van der Waals surface area contributed by atoms with Gasteiger partial charge in [-0.3, -0.25) is 0 Å². The smallest absolute Gasteiger partial charge is 0.165 e. The molecule has 0 saturated carbocycles. The van der Waals surface area contributed by atoms with E-state index in [1.807, 2.05) is 17.8 Å². The van der Waals surface area contributed by atoms with E-state index in [4.69, 9.17) is 4.74 Å². The number of benzene rings is 1. The van der Waals surface area contributed by atoms with Crippen molar-refractivity contribution < 1.29 is 4.74 Å². The zero-order valence-corrected chi connectivity index (χ0v) is 13.4. The number of nitrogens with one attached hydrogen (secondary N) is 1. The van der Waals surface area contributed by atoms with Crippen molar-refractivity contribution in [2.45, 2.75) is 46.4 Å². The van der Waals surface area contributed by atoms with Gasteiger partial charge in [0.1, 0.15) is 18.7 Å². The van der Waals surface area contributed by atoms with Crippen LogP contribution in [0, 0.1) is 6.92 Å². The first-order chi connectivity index (χ1) is 10.0. The van der Waals surface area contributed by atoms with Crippen LogP contribution in [0.3, 0.4) is 0 Å². The summed E-state index contributed by atoms with van der Waals surface area (Å²) in [6.45, 7) is 8.80. The third-order valence-corrected chi connectivity index (χ3v) is 3.56. The van der Waals surface area contributed by atoms with Gasteiger partial charge in [0.25, 0.3) is 0 Å². The Balaban J connectivity index is 2.18. The quantitative estimate of drug-likeness (QED) is 0.887. The van der Waals surface area contributed by atoms with Gasteiger partial charge in [0, 0.05) is 17.6 Å². The lowest BCUT2D eigenvalue weighted by molar-refractivity contribution is 0.277. The van der Waals surface area contributed by atoms with Crippen molar-refractivity contribution in [1.82, 2.24) is 20.1 Å². The highest BCUT2D eigenvalue weighted by Crippen LogP contribution is 2.26. The van der Waals surface area contributed by atoms with Crippen LogP contribution in [0.5, 0.6) is 5.75 Å². The Morgan fingerprint density at radius 2 is 2.05 bits per heavy atom. The molecule has 1 aromatic heterocycles. The molecule has 1 atom stereocenters. The van der Waals surface area contributed by atoms with Crippen LogP contribution >= 0.6 is 0 Å². The minimum absolute atomic E-state index is 0.239. The third-order valence-electron chi connectivity index (χ3n) is 3.56. The zero-order chi connectivity index (χ0) is 15.4. The van der Waals surface area contributed by atoms with Crippen molar-refractivity contribution in [3.05, 3.63) is 41.5 Å². The summed E-state index contributed by atoms with van der Waals surface area (Å²) in [6.07, 6.45) is 1.57. The van der Waals surface area contributed by atoms with Crippen LogP contribution in [0.25, 0.3) is 0 Å². The summed E-state index contributed by atoms with van der Waals surface area (Å²) in [5.74, 6) is 1.73. The van der Waals surface area contributed by atoms with Crippen molar-refractivity contribution in [1.29, 1.82) is 0 Å². The molecule has 0 fully saturated rings. The molecule has 0 bridgehead atoms. The topological polar surface area (TPSA) is 52.0 Å². The molecule has 21 heavy (non-hydrogen) atoms. The van der Waals surface area contributed by atoms with E-state index >= 15 is 0 Å². The number of rotatable bonds is 6. The summed E-state index contributed by atoms with van der Waals surface area (Å²) in [4.78, 5) is 4.28. The first-order valence-corrected chi connectivity index (χ1v) is 7.32. The Bertz CT molecular complexity index is 592. The molecule has 1 N–H and O–H groups in total. The van der Waals surface area contributed by atoms with E-state index in [2.05, 4.69) is 55.2 Å². The molecule has 0 aliphatic rings. The van der Waals surface area contributed by atoms with E-state index in [-0.39, 0.29) is 12.1 Å². The lowest BCUT2D eigenvalue weighted by Gasteiger charge is -2.17. The van der Waals surface area contributed by atoms with Gasteiger partial charge in [-0.1, -0.05) is 17.7 Å². The Kier molecular flexibility index (Phi) is 4.96. The van der Waals surface area contributed by atoms with Crippen LogP contribution in [-0.4, -0.2) is 21.8 Å². The Hall–Kier alpha value is -1.88. The average Bonchev–Trinajstić information content (AvgIpc) is 2.93. The number of hydrogen-bond donors (Lipinski definition) is 1. The van der Waals surface area contributed by atoms with Gasteiger partial charge in [-0.05, 0) is 40.8 Å². The second-order valence-electron chi connectivity index (χ2n) is 5.55. The third kappa shape index (κ3) is 3.61. The summed E-state index contributed by atoms with van der Waals surface area (Å²) in [5.41, 5.74) is 2.39. The molecule has 0 amide bonds. The molecule has 0 aliphatic carbocycles. The van der Waals surface area contributed by atoms with Gasteiger partial charge in [-0.2, -0.15) is 5.10 Å². The van der Waals surface area contributed by atoms with Crippen molar-refractivity contribution >= 4 is 0 Å². The number of hydrogen-bond acceptors (Lipinski definition) is 4. The molecule has 0 spiro atoms. The van der Waals surface area contributed by atoms with Crippen LogP contribution in [0.1, 0.15) is 49.8 Å². The number of aromatic nitrogens is 3. The maximum Gasteiger partial charge on any atom is 0.165 e. The molecular formula is C16H24N4O. The molecule has 0 saturated heterocycles. The molecule has 5 heteroatoms. The molecule has 1 heterocycles. The standard InChI is InChI=1S/C16H24N4O/c1-11(2)20-16(18-10-19-20)9-21-15-7-6-12(3)8-14(15)13(4)17-5/h6-8,10-11,13,17H,9H2,1-5H3. The summed E-state index contributed by atoms with van der Waals surface area (Å²) in [5, 5.41) is 7.49. The molecule has 0 aliphatic heterocycles. The highest BCUT2D eigenvalue weighted by atomic mass is 16.5. The van der Waals surface area contributed by atoms with E-state index in [9.17, 15) is 0 Å². The van der Waals surface area contributed by atoms with Crippen LogP contribution in [0.2, 0.25) is 0 Å². The average molecular weight is 288 g/mol. The number of ether oxygens (including phenoxy) is 1. The molecule has 5 nitrogen and oxygen atoms in total. The Morgan fingerprint density at radius 1 is 1.29 bits per heavy atom. The number of aryl methyl sites for hydroxylation is 1. The Labute approximate surface area is 126 Å². The molecule has 0 radical (unpaired) electrons. The summed E-state index contributed by atoms with van der Waals surface area (Å²) in [6, 6.07) is 6.76. The summed E-state index contributed by atoms with van der Waals surface area (Å²) in [7, 11) is 1.95. The van der Waals surface area contributed by atoms with Crippen molar-refractivity contribution in [2.24, 2.45) is 0 Å². The van der Waals surface area contributed by atoms with E-state index < -0.39 is 0 Å². The molecular weight excluding hydrogens is 264 g/mol. The maximum atomic E-state index is 5.99. The predicted molar refractivity (Wildman–Crippen MR) is 83.4 cm³/mol. The molecule has 2 rings (SSSR count). The highest BCUT2D eigenvalue weighted by Gasteiger charge is 2.13. The minimum Gasteiger partial charge on any atom is -0.485 e. The van der Waals surface area contributed by atoms with Crippen LogP contribution in [0.15, 0.2) is 24.5 Å². The lowest BCUT2D eigenvalue weighted by atomic mass is 10.0. The van der Waals surface area contributed by atoms with Gasteiger partial charge in [0.05, 0.1) is 0 Å². The first-order valence-electron chi connectivity index (χ1n) is 7.32. The first kappa shape index (κ1) is 15.5. The summed E-state index contributed by atoms with van der Waals surface area (Å²) < 4.78 is 7.87. The van der Waals surface area contributed by atoms with Crippen molar-refractivity contribution in [3.8, 4) is 5.75 Å². The largest absolute Gasteiger partial charge is 0.485 e. The van der Waals surface area contributed by atoms with Gasteiger partial charge in [0.15, 0.2) is 5.82 Å². The second-order valence-corrected chi connectivity index (χ2v) is 5.55. The fraction of sp³-hybridized carbons (Fsp3) is 0.500. The van der Waals surface area contributed by atoms with E-state index in [0.29, 0.717) is 6.61 Å². The van der Waals surface area contributed by atoms with E-state index in [0.717, 1.165) is 17.1 Å². The normalized spacial score (nSPS) is 12.7. The predicted octanol–water partition coefficient (Wildman–Crippen LogP) is 3.03. The van der Waals surface area contributed by atoms with Crippen molar-refractivity contribution in [2.75, 3.05) is 7.05 Å². The molecule has 1 aromatic carbocycles. The summed E-state index contributed by atoms with van der Waals surface area (Å²) >= 11 is 0. The van der Waals surface area contributed by atoms with E-state index in [1.165, 1.54) is 5.56 Å². The highest BCUT2D eigenvalue weighted by molar-refractivity contribution is 5.39. The van der Waals surface area contributed by atoms with Gasteiger partial charge in [-0.25, -0.2) is 9.67 Å². The SMILES string of the molecule is CNC(C)c1cc(C)ccc1OCc1ncnn1C(C)C. The fourth-order valence-electron chi connectivity index (χ4n) is 2.24. The Morgan fingerprint density at radius 3 is 2.71 bits per heavy atom. The lowest BCUT2D eigenvalue weighted by Crippen LogP contribution is -2.15. The fourth-order valence-corrected chi connectivity index (χ4v) is 2.24. The molecule has 1 unspecified atom stereocenters. The minimum atomic E-state index is 0.239. The van der Waals surface area contributed by atoms with Crippen LogP contribution in [0.4, 0.5) is 0 Å². The van der Waals surface area contributed by atoms with Crippen LogP contribution in [-0.2, 0) is 6.61 Å². The zero-order valence-electron chi connectivity index (χ0n) is 13.4. The van der Waals surface area contributed by atoms with Crippen LogP contribution < -0.4 is 10.1 Å².